The van der Waals surface area contributed by atoms with Crippen molar-refractivity contribution in [3.63, 3.8) is 0 Å². The average molecular weight is 389 g/mol. The Labute approximate surface area is 162 Å². The molecule has 2 heterocycles. The Balaban J connectivity index is 0.00000210. The molecule has 1 aromatic heterocycles. The van der Waals surface area contributed by atoms with E-state index in [0.717, 1.165) is 54.7 Å². The highest BCUT2D eigenvalue weighted by Gasteiger charge is 2.21. The molecule has 0 amide bonds. The van der Waals surface area contributed by atoms with E-state index in [1.807, 2.05) is 30.3 Å². The van der Waals surface area contributed by atoms with Gasteiger partial charge in [-0.05, 0) is 36.6 Å². The van der Waals surface area contributed by atoms with Gasteiger partial charge in [0.15, 0.2) is 0 Å². The fourth-order valence-electron chi connectivity index (χ4n) is 3.35. The number of H-pyrrole nitrogens is 1. The number of rotatable bonds is 5. The number of non-ortho nitro benzene ring substituents is 1. The molecule has 0 unspecified atom stereocenters. The van der Waals surface area contributed by atoms with E-state index in [2.05, 4.69) is 15.1 Å². The number of nitro groups is 1. The molecule has 0 saturated carbocycles. The Morgan fingerprint density at radius 3 is 2.63 bits per heavy atom. The summed E-state index contributed by atoms with van der Waals surface area (Å²) in [5.41, 5.74) is 2.24. The molecule has 2 aromatic carbocycles. The van der Waals surface area contributed by atoms with Crippen LogP contribution in [-0.2, 0) is 6.54 Å². The van der Waals surface area contributed by atoms with E-state index in [9.17, 15) is 10.1 Å². The Kier molecular flexibility index (Phi) is 5.93. The van der Waals surface area contributed by atoms with Gasteiger partial charge in [0.05, 0.1) is 16.6 Å². The zero-order valence-electron chi connectivity index (χ0n) is 14.7. The fourth-order valence-corrected chi connectivity index (χ4v) is 3.35. The molecule has 1 N–H and O–H groups in total. The SMILES string of the molecule is Cl.O=[N+]([O-])c1ccc(CN2CCC(Oc3ccc4[nH]ncc4c3)CC2)cc1. The molecule has 8 heteroatoms. The van der Waals surface area contributed by atoms with Gasteiger partial charge in [-0.1, -0.05) is 12.1 Å². The molecule has 1 fully saturated rings. The van der Waals surface area contributed by atoms with Crippen LogP contribution in [0.1, 0.15) is 18.4 Å². The van der Waals surface area contributed by atoms with Gasteiger partial charge in [0.25, 0.3) is 5.69 Å². The predicted molar refractivity (Wildman–Crippen MR) is 105 cm³/mol. The second-order valence-electron chi connectivity index (χ2n) is 6.64. The second kappa shape index (κ2) is 8.37. The molecule has 1 saturated heterocycles. The summed E-state index contributed by atoms with van der Waals surface area (Å²) in [6.07, 6.45) is 3.95. The van der Waals surface area contributed by atoms with E-state index in [0.29, 0.717) is 0 Å². The van der Waals surface area contributed by atoms with E-state index in [4.69, 9.17) is 4.74 Å². The minimum Gasteiger partial charge on any atom is -0.490 e. The zero-order chi connectivity index (χ0) is 17.9. The van der Waals surface area contributed by atoms with E-state index in [-0.39, 0.29) is 29.1 Å². The number of halogens is 1. The molecule has 0 radical (unpaired) electrons. The molecule has 27 heavy (non-hydrogen) atoms. The third-order valence-corrected chi connectivity index (χ3v) is 4.80. The number of hydrogen-bond acceptors (Lipinski definition) is 5. The molecular formula is C19H21ClN4O3. The quantitative estimate of drug-likeness (QED) is 0.528. The minimum atomic E-state index is -0.368. The summed E-state index contributed by atoms with van der Waals surface area (Å²) in [5, 5.41) is 18.7. The molecule has 0 aliphatic carbocycles. The van der Waals surface area contributed by atoms with Crippen molar-refractivity contribution >= 4 is 29.0 Å². The smallest absolute Gasteiger partial charge is 0.269 e. The van der Waals surface area contributed by atoms with Crippen molar-refractivity contribution in [3.8, 4) is 5.75 Å². The number of fused-ring (bicyclic) bond motifs is 1. The maximum Gasteiger partial charge on any atom is 0.269 e. The first kappa shape index (κ1) is 19.1. The predicted octanol–water partition coefficient (Wildman–Crippen LogP) is 3.94. The lowest BCUT2D eigenvalue weighted by Crippen LogP contribution is -2.37. The summed E-state index contributed by atoms with van der Waals surface area (Å²) in [6.45, 7) is 2.72. The van der Waals surface area contributed by atoms with Gasteiger partial charge in [0.2, 0.25) is 0 Å². The molecule has 0 atom stereocenters. The van der Waals surface area contributed by atoms with Gasteiger partial charge in [-0.2, -0.15) is 5.10 Å². The van der Waals surface area contributed by atoms with Crippen molar-refractivity contribution in [2.45, 2.75) is 25.5 Å². The van der Waals surface area contributed by atoms with Crippen molar-refractivity contribution in [2.75, 3.05) is 13.1 Å². The zero-order valence-corrected chi connectivity index (χ0v) is 15.5. The maximum atomic E-state index is 10.7. The fraction of sp³-hybridized carbons (Fsp3) is 0.316. The Hall–Kier alpha value is -2.64. The summed E-state index contributed by atoms with van der Waals surface area (Å²) < 4.78 is 6.13. The highest BCUT2D eigenvalue weighted by atomic mass is 35.5. The lowest BCUT2D eigenvalue weighted by molar-refractivity contribution is -0.384. The number of nitro benzene ring substituents is 1. The minimum absolute atomic E-state index is 0. The van der Waals surface area contributed by atoms with Crippen LogP contribution in [0.4, 0.5) is 5.69 Å². The first-order valence-corrected chi connectivity index (χ1v) is 8.73. The number of ether oxygens (including phenoxy) is 1. The van der Waals surface area contributed by atoms with Crippen molar-refractivity contribution in [1.82, 2.24) is 15.1 Å². The Bertz CT molecular complexity index is 905. The normalized spacial score (nSPS) is 15.4. The standard InChI is InChI=1S/C19H20N4O3.ClH/c24-23(25)16-3-1-14(2-4-16)13-22-9-7-17(8-10-22)26-18-5-6-19-15(11-18)12-20-21-19;/h1-6,11-12,17H,7-10,13H2,(H,20,21);1H. The van der Waals surface area contributed by atoms with Crippen molar-refractivity contribution in [1.29, 1.82) is 0 Å². The van der Waals surface area contributed by atoms with Crippen molar-refractivity contribution < 1.29 is 9.66 Å². The largest absolute Gasteiger partial charge is 0.490 e. The average Bonchev–Trinajstić information content (AvgIpc) is 3.12. The second-order valence-corrected chi connectivity index (χ2v) is 6.64. The first-order valence-electron chi connectivity index (χ1n) is 8.73. The van der Waals surface area contributed by atoms with Crippen LogP contribution < -0.4 is 4.74 Å². The number of piperidine rings is 1. The molecule has 3 aromatic rings. The number of nitrogens with zero attached hydrogens (tertiary/aromatic N) is 3. The highest BCUT2D eigenvalue weighted by molar-refractivity contribution is 5.85. The third kappa shape index (κ3) is 4.56. The monoisotopic (exact) mass is 388 g/mol. The van der Waals surface area contributed by atoms with Gasteiger partial charge in [0.1, 0.15) is 11.9 Å². The van der Waals surface area contributed by atoms with E-state index in [1.165, 1.54) is 0 Å². The Morgan fingerprint density at radius 1 is 1.19 bits per heavy atom. The number of nitrogens with one attached hydrogen (secondary N) is 1. The lowest BCUT2D eigenvalue weighted by atomic mass is 10.1. The summed E-state index contributed by atoms with van der Waals surface area (Å²) in [5.74, 6) is 0.882. The molecule has 1 aliphatic rings. The molecular weight excluding hydrogens is 368 g/mol. The summed E-state index contributed by atoms with van der Waals surface area (Å²) in [4.78, 5) is 12.7. The molecule has 0 spiro atoms. The van der Waals surface area contributed by atoms with Crippen LogP contribution in [0, 0.1) is 10.1 Å². The van der Waals surface area contributed by atoms with Crippen molar-refractivity contribution in [2.24, 2.45) is 0 Å². The van der Waals surface area contributed by atoms with Crippen LogP contribution in [0.3, 0.4) is 0 Å². The van der Waals surface area contributed by atoms with Crippen LogP contribution in [0.5, 0.6) is 5.75 Å². The van der Waals surface area contributed by atoms with E-state index < -0.39 is 0 Å². The van der Waals surface area contributed by atoms with Gasteiger partial charge in [0, 0.05) is 37.2 Å². The number of benzene rings is 2. The molecule has 4 rings (SSSR count). The van der Waals surface area contributed by atoms with E-state index in [1.54, 1.807) is 18.3 Å². The summed E-state index contributed by atoms with van der Waals surface area (Å²) in [6, 6.07) is 12.8. The summed E-state index contributed by atoms with van der Waals surface area (Å²) in [7, 11) is 0. The molecule has 7 nitrogen and oxygen atoms in total. The first-order chi connectivity index (χ1) is 12.7. The topological polar surface area (TPSA) is 84.3 Å². The molecule has 0 bridgehead atoms. The number of likely N-dealkylation sites (tertiary alicyclic amines) is 1. The van der Waals surface area contributed by atoms with Crippen LogP contribution in [0.2, 0.25) is 0 Å². The Morgan fingerprint density at radius 2 is 1.93 bits per heavy atom. The van der Waals surface area contributed by atoms with Gasteiger partial charge >= 0.3 is 0 Å². The van der Waals surface area contributed by atoms with Crippen LogP contribution in [-0.4, -0.2) is 39.2 Å². The van der Waals surface area contributed by atoms with E-state index >= 15 is 0 Å². The van der Waals surface area contributed by atoms with Crippen LogP contribution in [0.15, 0.2) is 48.7 Å². The third-order valence-electron chi connectivity index (χ3n) is 4.80. The van der Waals surface area contributed by atoms with Gasteiger partial charge in [-0.3, -0.25) is 20.1 Å². The van der Waals surface area contributed by atoms with Crippen molar-refractivity contribution in [3.05, 3.63) is 64.3 Å². The van der Waals surface area contributed by atoms with Crippen LogP contribution in [0.25, 0.3) is 10.9 Å². The van der Waals surface area contributed by atoms with Gasteiger partial charge in [-0.15, -0.1) is 12.4 Å². The molecule has 1 aliphatic heterocycles. The highest BCUT2D eigenvalue weighted by Crippen LogP contribution is 2.23. The van der Waals surface area contributed by atoms with Gasteiger partial charge < -0.3 is 4.74 Å². The maximum absolute atomic E-state index is 10.7. The molecule has 142 valence electrons. The number of hydrogen-bond donors (Lipinski definition) is 1. The van der Waals surface area contributed by atoms with Crippen LogP contribution >= 0.6 is 12.4 Å². The number of aromatic amines is 1. The summed E-state index contributed by atoms with van der Waals surface area (Å²) >= 11 is 0. The lowest BCUT2D eigenvalue weighted by Gasteiger charge is -2.32. The van der Waals surface area contributed by atoms with Gasteiger partial charge in [-0.25, -0.2) is 0 Å². The number of aromatic nitrogens is 2.